The van der Waals surface area contributed by atoms with Crippen molar-refractivity contribution in [1.82, 2.24) is 63.8 Å². The van der Waals surface area contributed by atoms with Crippen LogP contribution in [-0.4, -0.2) is 214 Å². The highest BCUT2D eigenvalue weighted by atomic mass is 16.4. The summed E-state index contributed by atoms with van der Waals surface area (Å²) < 4.78 is 0. The van der Waals surface area contributed by atoms with Crippen LogP contribution in [0, 0.1) is 23.7 Å². The van der Waals surface area contributed by atoms with E-state index in [1.54, 1.807) is 27.7 Å². The highest BCUT2D eigenvalue weighted by Crippen LogP contribution is 2.14. The van der Waals surface area contributed by atoms with Gasteiger partial charge in [-0.15, -0.1) is 0 Å². The van der Waals surface area contributed by atoms with Gasteiger partial charge in [0, 0.05) is 12.8 Å². The normalized spacial score (nSPS) is 15.0. The second kappa shape index (κ2) is 44.9. The minimum atomic E-state index is -1.97. The fourth-order valence-corrected chi connectivity index (χ4v) is 9.16. The molecule has 0 radical (unpaired) electrons. The molecule has 36 nitrogen and oxygen atoms in total. The molecule has 0 rings (SSSR count). The van der Waals surface area contributed by atoms with Gasteiger partial charge in [-0.05, 0) is 115 Å². The van der Waals surface area contributed by atoms with Gasteiger partial charge in [0.2, 0.25) is 76.8 Å². The van der Waals surface area contributed by atoms with Gasteiger partial charge in [-0.25, -0.2) is 4.79 Å². The van der Waals surface area contributed by atoms with E-state index in [4.69, 9.17) is 22.9 Å². The Bertz CT molecular complexity index is 2630. The van der Waals surface area contributed by atoms with Crippen molar-refractivity contribution in [3.05, 3.63) is 0 Å². The van der Waals surface area contributed by atoms with Crippen LogP contribution in [0.25, 0.3) is 0 Å². The van der Waals surface area contributed by atoms with E-state index < -0.39 is 224 Å². The van der Waals surface area contributed by atoms with Crippen molar-refractivity contribution < 1.29 is 97.1 Å². The molecule has 0 aliphatic rings. The first kappa shape index (κ1) is 86.4. The molecular weight excluding hydrogens is 1250 g/mol. The Morgan fingerprint density at radius 2 is 0.726 bits per heavy atom. The molecule has 95 heavy (non-hydrogen) atoms. The monoisotopic (exact) mass is 1360 g/mol. The Labute approximate surface area is 552 Å². The van der Waals surface area contributed by atoms with E-state index in [1.807, 2.05) is 0 Å². The molecule has 0 saturated heterocycles. The number of aliphatic hydroxyl groups is 1. The number of rotatable bonds is 48. The fourth-order valence-electron chi connectivity index (χ4n) is 9.16. The summed E-state index contributed by atoms with van der Waals surface area (Å²) in [7, 11) is 0. The number of carbonyl (C=O) groups excluding carboxylic acids is 13. The van der Waals surface area contributed by atoms with Crippen LogP contribution >= 0.6 is 0 Å². The fraction of sp³-hybridized carbons (Fsp3) is 0.729. The second-order valence-electron chi connectivity index (χ2n) is 24.6. The molecule has 13 amide bonds. The summed E-state index contributed by atoms with van der Waals surface area (Å²) in [6.45, 7) is 14.6. The van der Waals surface area contributed by atoms with Crippen LogP contribution in [0.1, 0.15) is 153 Å². The predicted octanol–water partition coefficient (Wildman–Crippen LogP) is -5.85. The Kier molecular flexibility index (Phi) is 40.8. The maximum atomic E-state index is 14.1. The van der Waals surface area contributed by atoms with Crippen LogP contribution in [0.4, 0.5) is 0 Å². The molecule has 0 aromatic carbocycles. The van der Waals surface area contributed by atoms with Gasteiger partial charge in [-0.1, -0.05) is 55.4 Å². The number of carboxylic acid groups (broad SMARTS) is 3. The van der Waals surface area contributed by atoms with Crippen LogP contribution in [0.3, 0.4) is 0 Å². The van der Waals surface area contributed by atoms with Gasteiger partial charge in [0.05, 0.1) is 25.6 Å². The molecule has 0 unspecified atom stereocenters. The van der Waals surface area contributed by atoms with E-state index in [9.17, 15) is 97.1 Å². The first-order valence-electron chi connectivity index (χ1n) is 31.6. The number of nitrogens with one attached hydrogen (secondary N) is 12. The molecule has 0 saturated carbocycles. The molecule has 0 aromatic rings. The molecular formula is C59H104N16O20. The third kappa shape index (κ3) is 34.9. The van der Waals surface area contributed by atoms with E-state index in [-0.39, 0.29) is 50.6 Å². The van der Waals surface area contributed by atoms with E-state index >= 15 is 0 Å². The van der Waals surface area contributed by atoms with Crippen LogP contribution in [0.2, 0.25) is 0 Å². The first-order valence-corrected chi connectivity index (χ1v) is 31.6. The van der Waals surface area contributed by atoms with Crippen molar-refractivity contribution in [3.63, 3.8) is 0 Å². The van der Waals surface area contributed by atoms with E-state index in [0.717, 1.165) is 6.92 Å². The summed E-state index contributed by atoms with van der Waals surface area (Å²) in [5.74, 6) is -19.3. The standard InChI is InChI=1S/C59H104N16O20/c1-28(2)23-38(66-42(78)26-62)53(88)65-32(9)49(84)64-27-43(79)73-46(30(5)6)56(91)68-35(17-19-44(80)81)52(87)72-40(25-41(63)77)55(90)74-47(31(7)8)57(92)75-48(33(10)76)58(93)69-36(18-20-45(82)83)51(86)71-39(24-29(3)4)54(89)67-34(15-11-13-21-60)50(85)70-37(59(94)95)16-12-14-22-61/h28-40,46-48,76H,11-27,60-62H2,1-10H3,(H2,63,77)(H,64,84)(H,65,88)(H,66,78)(H,67,89)(H,68,91)(H,69,93)(H,70,85)(H,71,86)(H,72,87)(H,73,79)(H,74,90)(H,75,92)(H,80,81)(H,82,83)(H,94,95)/t32-,33+,34-,35-,36-,37-,38-,39-,40-,46-,47-,48-/m0/s1. The van der Waals surface area contributed by atoms with Crippen molar-refractivity contribution in [2.45, 2.75) is 225 Å². The molecule has 0 aromatic heterocycles. The highest BCUT2D eigenvalue weighted by molar-refractivity contribution is 6.00. The van der Waals surface area contributed by atoms with Gasteiger partial charge in [-0.2, -0.15) is 0 Å². The number of primary amides is 1. The molecule has 24 N–H and O–H groups in total. The largest absolute Gasteiger partial charge is 0.481 e. The number of amides is 13. The Morgan fingerprint density at radius 1 is 0.368 bits per heavy atom. The summed E-state index contributed by atoms with van der Waals surface area (Å²) in [5.41, 5.74) is 22.0. The summed E-state index contributed by atoms with van der Waals surface area (Å²) in [6.07, 6.45) is -3.74. The van der Waals surface area contributed by atoms with Gasteiger partial charge >= 0.3 is 17.9 Å². The van der Waals surface area contributed by atoms with Gasteiger partial charge in [0.1, 0.15) is 66.5 Å². The zero-order chi connectivity index (χ0) is 73.0. The molecule has 0 aliphatic carbocycles. The van der Waals surface area contributed by atoms with Gasteiger partial charge in [0.15, 0.2) is 0 Å². The van der Waals surface area contributed by atoms with Crippen LogP contribution in [0.15, 0.2) is 0 Å². The Balaban J connectivity index is 6.67. The van der Waals surface area contributed by atoms with Crippen LogP contribution in [0.5, 0.6) is 0 Å². The van der Waals surface area contributed by atoms with Crippen molar-refractivity contribution in [1.29, 1.82) is 0 Å². The lowest BCUT2D eigenvalue weighted by Gasteiger charge is -2.30. The van der Waals surface area contributed by atoms with Crippen molar-refractivity contribution in [2.75, 3.05) is 26.2 Å². The topological polar surface area (TPSA) is 602 Å². The van der Waals surface area contributed by atoms with Gasteiger partial charge in [-0.3, -0.25) is 71.9 Å². The lowest BCUT2D eigenvalue weighted by Crippen LogP contribution is -2.63. The first-order chi connectivity index (χ1) is 44.3. The average Bonchev–Trinajstić information content (AvgIpc) is 0.878. The molecule has 0 spiro atoms. The van der Waals surface area contributed by atoms with E-state index in [1.165, 1.54) is 34.6 Å². The minimum absolute atomic E-state index is 0.00677. The molecule has 0 aliphatic heterocycles. The number of hydrogen-bond donors (Lipinski definition) is 20. The smallest absolute Gasteiger partial charge is 0.326 e. The Hall–Kier alpha value is -8.64. The number of hydrogen-bond acceptors (Lipinski definition) is 20. The molecule has 540 valence electrons. The van der Waals surface area contributed by atoms with Crippen molar-refractivity contribution in [2.24, 2.45) is 46.6 Å². The minimum Gasteiger partial charge on any atom is -0.481 e. The zero-order valence-corrected chi connectivity index (χ0v) is 55.9. The molecule has 0 heterocycles. The molecule has 0 fully saturated rings. The quantitative estimate of drug-likeness (QED) is 0.0252. The Morgan fingerprint density at radius 3 is 1.15 bits per heavy atom. The molecule has 0 bridgehead atoms. The number of aliphatic hydroxyl groups excluding tert-OH is 1. The number of nitrogens with two attached hydrogens (primary N) is 4. The highest BCUT2D eigenvalue weighted by Gasteiger charge is 2.38. The third-order valence-corrected chi connectivity index (χ3v) is 14.4. The number of unbranched alkanes of at least 4 members (excludes halogenated alkanes) is 2. The SMILES string of the molecule is CC(C)C[C@H](NC(=O)CN)C(=O)N[C@@H](C)C(=O)NCC(=O)N[C@H](C(=O)N[C@@H](CCC(=O)O)C(=O)N[C@@H](CC(N)=O)C(=O)N[C@H](C(=O)N[C@H](C(=O)N[C@@H](CCC(=O)O)C(=O)N[C@@H](CC(C)C)C(=O)N[C@@H](CCCCN)C(=O)N[C@@H](CCCCN)C(=O)O)[C@@H](C)O)C(C)C)C(C)C. The number of carbonyl (C=O) groups is 16. The van der Waals surface area contributed by atoms with Gasteiger partial charge < -0.3 is 107 Å². The third-order valence-electron chi connectivity index (χ3n) is 14.4. The number of aliphatic carboxylic acids is 3. The van der Waals surface area contributed by atoms with Crippen molar-refractivity contribution in [3.8, 4) is 0 Å². The van der Waals surface area contributed by atoms with E-state index in [0.29, 0.717) is 25.7 Å². The zero-order valence-electron chi connectivity index (χ0n) is 55.9. The summed E-state index contributed by atoms with van der Waals surface area (Å²) in [4.78, 5) is 211. The molecule has 36 heteroatoms. The lowest BCUT2D eigenvalue weighted by molar-refractivity contribution is -0.143. The lowest BCUT2D eigenvalue weighted by atomic mass is 10.00. The maximum Gasteiger partial charge on any atom is 0.326 e. The summed E-state index contributed by atoms with van der Waals surface area (Å²) in [5, 5.41) is 68.4. The predicted molar refractivity (Wildman–Crippen MR) is 340 cm³/mol. The number of carboxylic acids is 3. The van der Waals surface area contributed by atoms with Gasteiger partial charge in [0.25, 0.3) is 0 Å². The van der Waals surface area contributed by atoms with Crippen molar-refractivity contribution >= 4 is 94.7 Å². The summed E-state index contributed by atoms with van der Waals surface area (Å²) >= 11 is 0. The van der Waals surface area contributed by atoms with Crippen LogP contribution in [-0.2, 0) is 76.7 Å². The second-order valence-corrected chi connectivity index (χ2v) is 24.6. The summed E-state index contributed by atoms with van der Waals surface area (Å²) in [6, 6.07) is -17.0. The molecule has 12 atom stereocenters. The van der Waals surface area contributed by atoms with Crippen LogP contribution < -0.4 is 86.7 Å². The average molecular weight is 1360 g/mol. The van der Waals surface area contributed by atoms with E-state index in [2.05, 4.69) is 63.8 Å². The maximum absolute atomic E-state index is 14.1.